The highest BCUT2D eigenvalue weighted by molar-refractivity contribution is 9.10. The molecule has 0 bridgehead atoms. The minimum Gasteiger partial charge on any atom is -0.348 e. The zero-order valence-electron chi connectivity index (χ0n) is 16.8. The van der Waals surface area contributed by atoms with Gasteiger partial charge in [0, 0.05) is 4.47 Å². The third-order valence-corrected chi connectivity index (χ3v) is 6.77. The van der Waals surface area contributed by atoms with E-state index >= 15 is 0 Å². The molecular weight excluding hydrogens is 483 g/mol. The van der Waals surface area contributed by atoms with Crippen molar-refractivity contribution in [3.05, 3.63) is 100 Å². The molecule has 0 unspecified atom stereocenters. The van der Waals surface area contributed by atoms with Gasteiger partial charge in [-0.3, -0.25) is 4.79 Å². The summed E-state index contributed by atoms with van der Waals surface area (Å²) < 4.78 is 42.2. The molecule has 31 heavy (non-hydrogen) atoms. The lowest BCUT2D eigenvalue weighted by molar-refractivity contribution is -0.123. The van der Waals surface area contributed by atoms with Crippen molar-refractivity contribution in [1.82, 2.24) is 10.0 Å². The molecule has 0 aliphatic carbocycles. The Morgan fingerprint density at radius 3 is 2.19 bits per heavy atom. The summed E-state index contributed by atoms with van der Waals surface area (Å²) >= 11 is 3.38. The van der Waals surface area contributed by atoms with E-state index in [4.69, 9.17) is 0 Å². The van der Waals surface area contributed by atoms with Gasteiger partial charge < -0.3 is 5.32 Å². The minimum atomic E-state index is -4.03. The average molecular weight is 505 g/mol. The molecule has 3 rings (SSSR count). The van der Waals surface area contributed by atoms with Gasteiger partial charge in [0.2, 0.25) is 15.9 Å². The molecule has 3 aromatic rings. The van der Waals surface area contributed by atoms with Crippen molar-refractivity contribution in [2.75, 3.05) is 0 Å². The summed E-state index contributed by atoms with van der Waals surface area (Å²) in [5.74, 6) is -0.995. The van der Waals surface area contributed by atoms with Gasteiger partial charge in [-0.05, 0) is 60.9 Å². The second kappa shape index (κ2) is 10.2. The molecule has 0 aromatic heterocycles. The van der Waals surface area contributed by atoms with Crippen LogP contribution in [0.1, 0.15) is 24.1 Å². The molecule has 162 valence electrons. The van der Waals surface area contributed by atoms with Crippen LogP contribution in [0.25, 0.3) is 0 Å². The Morgan fingerprint density at radius 2 is 1.58 bits per heavy atom. The van der Waals surface area contributed by atoms with Gasteiger partial charge in [0.1, 0.15) is 11.9 Å². The first-order valence-electron chi connectivity index (χ1n) is 9.62. The highest BCUT2D eigenvalue weighted by Gasteiger charge is 2.27. The van der Waals surface area contributed by atoms with Crippen molar-refractivity contribution in [3.8, 4) is 0 Å². The van der Waals surface area contributed by atoms with Gasteiger partial charge in [-0.25, -0.2) is 12.8 Å². The lowest BCUT2D eigenvalue weighted by Crippen LogP contribution is -2.48. The smallest absolute Gasteiger partial charge is 0.241 e. The van der Waals surface area contributed by atoms with Crippen LogP contribution < -0.4 is 10.0 Å². The Morgan fingerprint density at radius 1 is 0.968 bits per heavy atom. The predicted molar refractivity (Wildman–Crippen MR) is 121 cm³/mol. The van der Waals surface area contributed by atoms with Gasteiger partial charge in [0.25, 0.3) is 0 Å². The van der Waals surface area contributed by atoms with E-state index < -0.39 is 27.8 Å². The second-order valence-corrected chi connectivity index (χ2v) is 9.73. The van der Waals surface area contributed by atoms with E-state index in [0.29, 0.717) is 0 Å². The minimum absolute atomic E-state index is 0.110. The number of nitrogens with one attached hydrogen (secondary N) is 2. The number of amides is 1. The number of carbonyl (C=O) groups excluding carboxylic acids is 1. The zero-order chi connectivity index (χ0) is 22.4. The first kappa shape index (κ1) is 23.1. The van der Waals surface area contributed by atoms with E-state index in [0.717, 1.165) is 27.7 Å². The standard InChI is InChI=1S/C23H22BrFN2O3S/c1-16(18-7-9-19(24)10-8-18)26-23(28)22(15-17-5-3-2-4-6-17)27-31(29,30)21-13-11-20(25)12-14-21/h2-14,16,22,27H,15H2,1H3,(H,26,28)/t16-,22+/m0/s1. The van der Waals surface area contributed by atoms with Crippen LogP contribution in [0.4, 0.5) is 4.39 Å². The average Bonchev–Trinajstić information content (AvgIpc) is 2.74. The van der Waals surface area contributed by atoms with E-state index in [2.05, 4.69) is 26.0 Å². The number of halogens is 2. The van der Waals surface area contributed by atoms with Gasteiger partial charge >= 0.3 is 0 Å². The van der Waals surface area contributed by atoms with Crippen molar-refractivity contribution >= 4 is 31.9 Å². The molecule has 1 amide bonds. The quantitative estimate of drug-likeness (QED) is 0.478. The van der Waals surface area contributed by atoms with Crippen LogP contribution in [-0.4, -0.2) is 20.4 Å². The fourth-order valence-electron chi connectivity index (χ4n) is 3.06. The Labute approximate surface area is 189 Å². The van der Waals surface area contributed by atoms with Crippen molar-refractivity contribution in [1.29, 1.82) is 0 Å². The lowest BCUT2D eigenvalue weighted by Gasteiger charge is -2.22. The number of benzene rings is 3. The van der Waals surface area contributed by atoms with Crippen LogP contribution in [0.5, 0.6) is 0 Å². The Bertz CT molecular complexity index is 1120. The number of sulfonamides is 1. The summed E-state index contributed by atoms with van der Waals surface area (Å²) in [7, 11) is -4.03. The number of hydrogen-bond acceptors (Lipinski definition) is 3. The number of rotatable bonds is 8. The van der Waals surface area contributed by atoms with Crippen molar-refractivity contribution in [3.63, 3.8) is 0 Å². The molecule has 0 fully saturated rings. The summed E-state index contributed by atoms with van der Waals surface area (Å²) in [4.78, 5) is 12.9. The van der Waals surface area contributed by atoms with E-state index in [-0.39, 0.29) is 17.4 Å². The van der Waals surface area contributed by atoms with Crippen LogP contribution in [0, 0.1) is 5.82 Å². The first-order chi connectivity index (χ1) is 14.7. The number of carbonyl (C=O) groups is 1. The fraction of sp³-hybridized carbons (Fsp3) is 0.174. The van der Waals surface area contributed by atoms with Gasteiger partial charge in [-0.15, -0.1) is 0 Å². The largest absolute Gasteiger partial charge is 0.348 e. The van der Waals surface area contributed by atoms with Gasteiger partial charge in [-0.1, -0.05) is 58.4 Å². The van der Waals surface area contributed by atoms with Crippen molar-refractivity contribution in [2.45, 2.75) is 30.3 Å². The maximum absolute atomic E-state index is 13.2. The van der Waals surface area contributed by atoms with Crippen LogP contribution in [-0.2, 0) is 21.2 Å². The third-order valence-electron chi connectivity index (χ3n) is 4.75. The van der Waals surface area contributed by atoms with Gasteiger partial charge in [0.15, 0.2) is 0 Å². The molecule has 0 aliphatic heterocycles. The molecule has 0 aliphatic rings. The van der Waals surface area contributed by atoms with E-state index in [9.17, 15) is 17.6 Å². The van der Waals surface area contributed by atoms with E-state index in [1.165, 1.54) is 12.1 Å². The molecule has 0 radical (unpaired) electrons. The van der Waals surface area contributed by atoms with E-state index in [1.807, 2.05) is 61.5 Å². The molecule has 0 saturated carbocycles. The summed E-state index contributed by atoms with van der Waals surface area (Å²) in [5.41, 5.74) is 1.69. The monoisotopic (exact) mass is 504 g/mol. The summed E-state index contributed by atoms with van der Waals surface area (Å²) in [6.45, 7) is 1.83. The van der Waals surface area contributed by atoms with Crippen molar-refractivity contribution in [2.24, 2.45) is 0 Å². The van der Waals surface area contributed by atoms with Crippen LogP contribution in [0.3, 0.4) is 0 Å². The predicted octanol–water partition coefficient (Wildman–Crippen LogP) is 4.36. The summed E-state index contributed by atoms with van der Waals surface area (Å²) in [5, 5.41) is 2.88. The van der Waals surface area contributed by atoms with Gasteiger partial charge in [0.05, 0.1) is 10.9 Å². The zero-order valence-corrected chi connectivity index (χ0v) is 19.2. The van der Waals surface area contributed by atoms with E-state index in [1.54, 1.807) is 0 Å². The molecule has 2 atom stereocenters. The third kappa shape index (κ3) is 6.46. The van der Waals surface area contributed by atoms with Crippen LogP contribution >= 0.6 is 15.9 Å². The summed E-state index contributed by atoms with van der Waals surface area (Å²) in [6, 6.07) is 19.7. The Hall–Kier alpha value is -2.55. The Balaban J connectivity index is 1.82. The topological polar surface area (TPSA) is 75.3 Å². The normalized spacial score (nSPS) is 13.4. The SMILES string of the molecule is C[C@H](NC(=O)[C@@H](Cc1ccccc1)NS(=O)(=O)c1ccc(F)cc1)c1ccc(Br)cc1. The van der Waals surface area contributed by atoms with Crippen molar-refractivity contribution < 1.29 is 17.6 Å². The molecule has 0 saturated heterocycles. The maximum atomic E-state index is 13.2. The molecule has 0 spiro atoms. The summed E-state index contributed by atoms with van der Waals surface area (Å²) in [6.07, 6.45) is 0.167. The van der Waals surface area contributed by atoms with Gasteiger partial charge in [-0.2, -0.15) is 4.72 Å². The Kier molecular flexibility index (Phi) is 7.59. The molecule has 8 heteroatoms. The molecule has 0 heterocycles. The molecule has 2 N–H and O–H groups in total. The second-order valence-electron chi connectivity index (χ2n) is 7.10. The van der Waals surface area contributed by atoms with Crippen LogP contribution in [0.2, 0.25) is 0 Å². The first-order valence-corrected chi connectivity index (χ1v) is 11.9. The highest BCUT2D eigenvalue weighted by Crippen LogP contribution is 2.18. The molecule has 5 nitrogen and oxygen atoms in total. The maximum Gasteiger partial charge on any atom is 0.241 e. The molecular formula is C23H22BrFN2O3S. The number of hydrogen-bond donors (Lipinski definition) is 2. The lowest BCUT2D eigenvalue weighted by atomic mass is 10.0. The highest BCUT2D eigenvalue weighted by atomic mass is 79.9. The molecule has 3 aromatic carbocycles. The van der Waals surface area contributed by atoms with Crippen LogP contribution in [0.15, 0.2) is 88.2 Å². The fourth-order valence-corrected chi connectivity index (χ4v) is 4.52.